The molecule has 0 aliphatic heterocycles. The molecule has 162 valence electrons. The Hall–Kier alpha value is -3.09. The second-order valence-corrected chi connectivity index (χ2v) is 8.12. The molecule has 1 atom stereocenters. The summed E-state index contributed by atoms with van der Waals surface area (Å²) in [5, 5.41) is 22.0. The van der Waals surface area contributed by atoms with Crippen LogP contribution >= 0.6 is 0 Å². The summed E-state index contributed by atoms with van der Waals surface area (Å²) < 4.78 is 5.62. The maximum atomic E-state index is 11.6. The number of carboxylic acid groups (broad SMARTS) is 1. The molecule has 7 nitrogen and oxygen atoms in total. The predicted octanol–water partition coefficient (Wildman–Crippen LogP) is 5.12. The van der Waals surface area contributed by atoms with E-state index in [0.717, 1.165) is 29.9 Å². The molecule has 0 spiro atoms. The fraction of sp³-hybridized carbons (Fsp3) is 0.435. The Morgan fingerprint density at radius 3 is 2.30 bits per heavy atom. The number of carboxylic acids is 1. The van der Waals surface area contributed by atoms with Gasteiger partial charge in [-0.05, 0) is 48.6 Å². The monoisotopic (exact) mass is 414 g/mol. The van der Waals surface area contributed by atoms with Gasteiger partial charge in [0, 0.05) is 24.8 Å². The van der Waals surface area contributed by atoms with Crippen LogP contribution in [0.2, 0.25) is 0 Å². The van der Waals surface area contributed by atoms with E-state index >= 15 is 0 Å². The highest BCUT2D eigenvalue weighted by Gasteiger charge is 2.23. The van der Waals surface area contributed by atoms with Crippen LogP contribution in [0.15, 0.2) is 41.6 Å². The van der Waals surface area contributed by atoms with Crippen LogP contribution < -0.4 is 9.64 Å². The lowest BCUT2D eigenvalue weighted by molar-refractivity contribution is 0.0693. The number of carbonyl (C=O) groups is 1. The van der Waals surface area contributed by atoms with Crippen LogP contribution in [0.5, 0.6) is 11.5 Å². The predicted molar refractivity (Wildman–Crippen MR) is 118 cm³/mol. The second-order valence-electron chi connectivity index (χ2n) is 8.12. The minimum absolute atomic E-state index is 0.0242. The van der Waals surface area contributed by atoms with Crippen LogP contribution in [0.3, 0.4) is 0 Å². The van der Waals surface area contributed by atoms with Crippen LogP contribution in [-0.4, -0.2) is 35.9 Å². The van der Waals surface area contributed by atoms with Crippen molar-refractivity contribution in [3.05, 3.63) is 58.0 Å². The summed E-state index contributed by atoms with van der Waals surface area (Å²) >= 11 is 0. The molecule has 0 heterocycles. The van der Waals surface area contributed by atoms with Gasteiger partial charge in [0.05, 0.1) is 0 Å². The van der Waals surface area contributed by atoms with Crippen molar-refractivity contribution >= 4 is 11.7 Å². The Morgan fingerprint density at radius 2 is 1.80 bits per heavy atom. The lowest BCUT2D eigenvalue weighted by Crippen LogP contribution is -2.26. The van der Waals surface area contributed by atoms with E-state index in [1.54, 1.807) is 0 Å². The van der Waals surface area contributed by atoms with Gasteiger partial charge in [0.25, 0.3) is 0 Å². The second kappa shape index (κ2) is 9.61. The summed E-state index contributed by atoms with van der Waals surface area (Å²) in [6.07, 6.45) is 0. The molecule has 0 aliphatic rings. The molecule has 0 radical (unpaired) electrons. The topological polar surface area (TPSA) is 99.4 Å². The number of anilines is 1. The molecule has 0 saturated carbocycles. The summed E-state index contributed by atoms with van der Waals surface area (Å²) in [7, 11) is 0. The van der Waals surface area contributed by atoms with E-state index < -0.39 is 17.8 Å². The molecule has 2 aromatic rings. The molecule has 2 N–H and O–H groups in total. The fourth-order valence-electron chi connectivity index (χ4n) is 3.35. The van der Waals surface area contributed by atoms with E-state index in [-0.39, 0.29) is 23.3 Å². The lowest BCUT2D eigenvalue weighted by Gasteiger charge is -2.31. The van der Waals surface area contributed by atoms with Gasteiger partial charge in [0.15, 0.2) is 6.04 Å². The molecule has 0 aromatic heterocycles. The molecular formula is C23H30N2O5. The van der Waals surface area contributed by atoms with E-state index in [4.69, 9.17) is 9.84 Å². The van der Waals surface area contributed by atoms with Crippen molar-refractivity contribution in [2.24, 2.45) is 5.18 Å². The standard InChI is InChI=1S/C23H30N2O5/c1-6-25(7-2)20-11-8-15(12-18(20)23(3,4)5)19(24-29)14-30-16-9-10-17(22(27)28)21(26)13-16/h8-13,19,26H,6-7,14H2,1-5H3,(H,27,28). The summed E-state index contributed by atoms with van der Waals surface area (Å²) in [5.74, 6) is -1.36. The first kappa shape index (κ1) is 23.2. The van der Waals surface area contributed by atoms with E-state index in [0.29, 0.717) is 0 Å². The largest absolute Gasteiger partial charge is 0.507 e. The number of hydrogen-bond donors (Lipinski definition) is 2. The van der Waals surface area contributed by atoms with Crippen molar-refractivity contribution in [2.45, 2.75) is 46.1 Å². The average molecular weight is 415 g/mol. The van der Waals surface area contributed by atoms with E-state index in [1.807, 2.05) is 18.2 Å². The molecule has 0 bridgehead atoms. The van der Waals surface area contributed by atoms with Crippen LogP contribution in [0.4, 0.5) is 5.69 Å². The molecule has 7 heteroatoms. The third kappa shape index (κ3) is 5.28. The third-order valence-electron chi connectivity index (χ3n) is 5.05. The number of ether oxygens (including phenoxy) is 1. The van der Waals surface area contributed by atoms with Crippen molar-refractivity contribution in [2.75, 3.05) is 24.6 Å². The van der Waals surface area contributed by atoms with Crippen molar-refractivity contribution in [1.29, 1.82) is 0 Å². The number of nitrogens with zero attached hydrogens (tertiary/aromatic N) is 2. The Balaban J connectivity index is 2.29. The van der Waals surface area contributed by atoms with Gasteiger partial charge in [-0.3, -0.25) is 0 Å². The maximum absolute atomic E-state index is 11.6. The zero-order chi connectivity index (χ0) is 22.5. The van der Waals surface area contributed by atoms with Crippen LogP contribution in [0.1, 0.15) is 62.1 Å². The number of aromatic hydroxyl groups is 1. The molecule has 2 aromatic carbocycles. The van der Waals surface area contributed by atoms with E-state index in [2.05, 4.69) is 44.7 Å². The quantitative estimate of drug-likeness (QED) is 0.553. The minimum atomic E-state index is -1.23. The SMILES string of the molecule is CCN(CC)c1ccc(C(COc2ccc(C(=O)O)c(O)c2)N=O)cc1C(C)(C)C. The van der Waals surface area contributed by atoms with Gasteiger partial charge < -0.3 is 19.8 Å². The first-order valence-corrected chi connectivity index (χ1v) is 10.0. The zero-order valence-corrected chi connectivity index (χ0v) is 18.2. The Morgan fingerprint density at radius 1 is 1.13 bits per heavy atom. The molecule has 1 unspecified atom stereocenters. The van der Waals surface area contributed by atoms with Gasteiger partial charge >= 0.3 is 5.97 Å². The molecule has 0 saturated heterocycles. The van der Waals surface area contributed by atoms with Gasteiger partial charge in [0.1, 0.15) is 23.7 Å². The van der Waals surface area contributed by atoms with Crippen LogP contribution in [0.25, 0.3) is 0 Å². The van der Waals surface area contributed by atoms with Crippen molar-refractivity contribution in [1.82, 2.24) is 0 Å². The van der Waals surface area contributed by atoms with Crippen LogP contribution in [-0.2, 0) is 5.41 Å². The molecule has 2 rings (SSSR count). The Bertz CT molecular complexity index is 901. The number of aromatic carboxylic acids is 1. The highest BCUT2D eigenvalue weighted by atomic mass is 16.5. The Labute approximate surface area is 177 Å². The first-order chi connectivity index (χ1) is 14.1. The maximum Gasteiger partial charge on any atom is 0.339 e. The molecule has 0 fully saturated rings. The summed E-state index contributed by atoms with van der Waals surface area (Å²) in [4.78, 5) is 24.8. The highest BCUT2D eigenvalue weighted by Crippen LogP contribution is 2.35. The highest BCUT2D eigenvalue weighted by molar-refractivity contribution is 5.90. The number of phenols is 1. The van der Waals surface area contributed by atoms with Crippen LogP contribution in [0, 0.1) is 4.91 Å². The summed E-state index contributed by atoms with van der Waals surface area (Å²) in [5.41, 5.74) is 2.67. The molecular weight excluding hydrogens is 384 g/mol. The first-order valence-electron chi connectivity index (χ1n) is 10.0. The third-order valence-corrected chi connectivity index (χ3v) is 5.05. The van der Waals surface area contributed by atoms with Gasteiger partial charge in [-0.15, -0.1) is 0 Å². The number of nitroso groups, excluding NO2 is 1. The van der Waals surface area contributed by atoms with Gasteiger partial charge in [-0.2, -0.15) is 4.91 Å². The normalized spacial score (nSPS) is 12.3. The molecule has 0 amide bonds. The van der Waals surface area contributed by atoms with Crippen molar-refractivity contribution in [3.8, 4) is 11.5 Å². The average Bonchev–Trinajstić information content (AvgIpc) is 2.69. The van der Waals surface area contributed by atoms with Gasteiger partial charge in [-0.1, -0.05) is 38.1 Å². The number of rotatable bonds is 9. The Kier molecular flexibility index (Phi) is 7.43. The van der Waals surface area contributed by atoms with E-state index in [1.165, 1.54) is 18.2 Å². The lowest BCUT2D eigenvalue weighted by atomic mass is 9.83. The summed E-state index contributed by atoms with van der Waals surface area (Å²) in [6.45, 7) is 12.4. The van der Waals surface area contributed by atoms with E-state index in [9.17, 15) is 14.8 Å². The number of benzene rings is 2. The van der Waals surface area contributed by atoms with Gasteiger partial charge in [-0.25, -0.2) is 4.79 Å². The van der Waals surface area contributed by atoms with Crippen molar-refractivity contribution in [3.63, 3.8) is 0 Å². The van der Waals surface area contributed by atoms with Gasteiger partial charge in [0.2, 0.25) is 0 Å². The molecule has 30 heavy (non-hydrogen) atoms. The minimum Gasteiger partial charge on any atom is -0.507 e. The summed E-state index contributed by atoms with van der Waals surface area (Å²) in [6, 6.07) is 9.10. The smallest absolute Gasteiger partial charge is 0.339 e. The fourth-order valence-corrected chi connectivity index (χ4v) is 3.35. The van der Waals surface area contributed by atoms with Crippen molar-refractivity contribution < 1.29 is 19.7 Å². The zero-order valence-electron chi connectivity index (χ0n) is 18.2. The number of hydrogen-bond acceptors (Lipinski definition) is 6. The molecule has 0 aliphatic carbocycles.